The van der Waals surface area contributed by atoms with Crippen molar-refractivity contribution in [2.24, 2.45) is 0 Å². The van der Waals surface area contributed by atoms with E-state index in [9.17, 15) is 4.79 Å². The van der Waals surface area contributed by atoms with Crippen molar-refractivity contribution in [3.63, 3.8) is 0 Å². The molecule has 3 aromatic rings. The van der Waals surface area contributed by atoms with Crippen LogP contribution in [-0.4, -0.2) is 45.0 Å². The molecule has 7 nitrogen and oxygen atoms in total. The van der Waals surface area contributed by atoms with E-state index < -0.39 is 0 Å². The lowest BCUT2D eigenvalue weighted by atomic mass is 10.1. The van der Waals surface area contributed by atoms with E-state index in [1.165, 1.54) is 0 Å². The molecule has 0 bridgehead atoms. The highest BCUT2D eigenvalue weighted by Crippen LogP contribution is 2.29. The monoisotopic (exact) mass is 408 g/mol. The molecule has 8 heteroatoms. The summed E-state index contributed by atoms with van der Waals surface area (Å²) in [5, 5.41) is 4.18. The number of carbonyl (C=O) groups is 1. The van der Waals surface area contributed by atoms with E-state index in [2.05, 4.69) is 25.2 Å². The molecule has 1 amide bonds. The van der Waals surface area contributed by atoms with Gasteiger partial charge in [0.15, 0.2) is 0 Å². The van der Waals surface area contributed by atoms with Crippen LogP contribution in [0.4, 0.5) is 5.95 Å². The van der Waals surface area contributed by atoms with Crippen LogP contribution in [0.3, 0.4) is 0 Å². The number of amides is 1. The van der Waals surface area contributed by atoms with Crippen LogP contribution < -0.4 is 10.2 Å². The van der Waals surface area contributed by atoms with Crippen LogP contribution in [-0.2, 0) is 11.2 Å². The molecule has 0 aromatic carbocycles. The lowest BCUT2D eigenvalue weighted by Gasteiger charge is -2.17. The molecule has 4 heterocycles. The van der Waals surface area contributed by atoms with Gasteiger partial charge in [-0.3, -0.25) is 9.78 Å². The van der Waals surface area contributed by atoms with Crippen molar-refractivity contribution in [2.45, 2.75) is 39.2 Å². The van der Waals surface area contributed by atoms with Crippen molar-refractivity contribution in [2.75, 3.05) is 18.0 Å². The van der Waals surface area contributed by atoms with Crippen LogP contribution in [0.25, 0.3) is 10.6 Å². The number of pyridine rings is 1. The van der Waals surface area contributed by atoms with Crippen LogP contribution in [0.15, 0.2) is 36.8 Å². The summed E-state index contributed by atoms with van der Waals surface area (Å²) in [7, 11) is 0. The molecule has 1 atom stereocenters. The van der Waals surface area contributed by atoms with E-state index in [1.807, 2.05) is 32.0 Å². The zero-order valence-corrected chi connectivity index (χ0v) is 17.4. The largest absolute Gasteiger partial charge is 0.352 e. The molecule has 4 rings (SSSR count). The number of hydrogen-bond acceptors (Lipinski definition) is 7. The number of nitrogens with zero attached hydrogens (tertiary/aromatic N) is 5. The summed E-state index contributed by atoms with van der Waals surface area (Å²) in [6.45, 7) is 5.57. The van der Waals surface area contributed by atoms with Gasteiger partial charge >= 0.3 is 0 Å². The average Bonchev–Trinajstić information content (AvgIpc) is 3.33. The second-order valence-corrected chi connectivity index (χ2v) is 8.45. The fourth-order valence-electron chi connectivity index (χ4n) is 3.56. The van der Waals surface area contributed by atoms with Gasteiger partial charge in [-0.05, 0) is 50.5 Å². The molecule has 1 saturated heterocycles. The summed E-state index contributed by atoms with van der Waals surface area (Å²) in [6.07, 6.45) is 7.41. The van der Waals surface area contributed by atoms with Gasteiger partial charge in [-0.15, -0.1) is 11.3 Å². The lowest BCUT2D eigenvalue weighted by molar-refractivity contribution is -0.121. The standard InChI is InChI=1S/C21H24N6OS/c1-14-20(29-15(2)24-14)18-7-11-23-21(26-18)27-12-8-17(13-27)25-19(28)4-3-16-5-9-22-10-6-16/h5-7,9-11,17H,3-4,8,12-13H2,1-2H3,(H,25,28). The van der Waals surface area contributed by atoms with Crippen molar-refractivity contribution in [3.8, 4) is 10.6 Å². The molecular weight excluding hydrogens is 384 g/mol. The summed E-state index contributed by atoms with van der Waals surface area (Å²) >= 11 is 1.65. The molecule has 1 aliphatic heterocycles. The summed E-state index contributed by atoms with van der Waals surface area (Å²) in [5.74, 6) is 0.792. The van der Waals surface area contributed by atoms with Gasteiger partial charge in [0.2, 0.25) is 11.9 Å². The SMILES string of the molecule is Cc1nc(C)c(-c2ccnc(N3CCC(NC(=O)CCc4ccncc4)C3)n2)s1. The molecule has 0 radical (unpaired) electrons. The lowest BCUT2D eigenvalue weighted by Crippen LogP contribution is -2.37. The van der Waals surface area contributed by atoms with Crippen LogP contribution in [0.1, 0.15) is 29.1 Å². The Balaban J connectivity index is 1.34. The summed E-state index contributed by atoms with van der Waals surface area (Å²) in [6, 6.07) is 5.94. The second-order valence-electron chi connectivity index (χ2n) is 7.24. The van der Waals surface area contributed by atoms with Crippen LogP contribution in [0.2, 0.25) is 0 Å². The molecule has 0 aliphatic carbocycles. The van der Waals surface area contributed by atoms with Crippen molar-refractivity contribution in [1.82, 2.24) is 25.3 Å². The van der Waals surface area contributed by atoms with Crippen LogP contribution >= 0.6 is 11.3 Å². The Hall–Kier alpha value is -2.87. The second kappa shape index (κ2) is 8.65. The normalized spacial score (nSPS) is 16.2. The van der Waals surface area contributed by atoms with Gasteiger partial charge in [-0.1, -0.05) is 0 Å². The minimum atomic E-state index is 0.0825. The maximum absolute atomic E-state index is 12.3. The highest BCUT2D eigenvalue weighted by Gasteiger charge is 2.26. The molecule has 1 aliphatic rings. The summed E-state index contributed by atoms with van der Waals surface area (Å²) in [4.78, 5) is 33.2. The number of anilines is 1. The van der Waals surface area contributed by atoms with Gasteiger partial charge < -0.3 is 10.2 Å². The van der Waals surface area contributed by atoms with Crippen LogP contribution in [0, 0.1) is 13.8 Å². The molecule has 29 heavy (non-hydrogen) atoms. The third-order valence-corrected chi connectivity index (χ3v) is 6.10. The van der Waals surface area contributed by atoms with Gasteiger partial charge in [0.25, 0.3) is 0 Å². The maximum Gasteiger partial charge on any atom is 0.225 e. The topological polar surface area (TPSA) is 83.9 Å². The number of nitrogens with one attached hydrogen (secondary N) is 1. The zero-order valence-electron chi connectivity index (χ0n) is 16.6. The molecular formula is C21H24N6OS. The summed E-state index contributed by atoms with van der Waals surface area (Å²) < 4.78 is 0. The fourth-order valence-corrected chi connectivity index (χ4v) is 4.45. The minimum absolute atomic E-state index is 0.0825. The zero-order chi connectivity index (χ0) is 20.2. The van der Waals surface area contributed by atoms with E-state index in [0.717, 1.165) is 52.8 Å². The van der Waals surface area contributed by atoms with E-state index in [1.54, 1.807) is 29.9 Å². The molecule has 1 N–H and O–H groups in total. The fraction of sp³-hybridized carbons (Fsp3) is 0.381. The average molecular weight is 409 g/mol. The number of aryl methyl sites for hydroxylation is 3. The smallest absolute Gasteiger partial charge is 0.225 e. The van der Waals surface area contributed by atoms with Crippen molar-refractivity contribution < 1.29 is 4.79 Å². The maximum atomic E-state index is 12.3. The number of carbonyl (C=O) groups excluding carboxylic acids is 1. The molecule has 150 valence electrons. The number of rotatable bonds is 6. The Morgan fingerprint density at radius 1 is 1.21 bits per heavy atom. The van der Waals surface area contributed by atoms with Crippen LogP contribution in [0.5, 0.6) is 0 Å². The number of aromatic nitrogens is 4. The van der Waals surface area contributed by atoms with Gasteiger partial charge in [-0.2, -0.15) is 0 Å². The highest BCUT2D eigenvalue weighted by molar-refractivity contribution is 7.15. The highest BCUT2D eigenvalue weighted by atomic mass is 32.1. The third kappa shape index (κ3) is 4.76. The van der Waals surface area contributed by atoms with E-state index >= 15 is 0 Å². The number of hydrogen-bond donors (Lipinski definition) is 1. The van der Waals surface area contributed by atoms with E-state index in [4.69, 9.17) is 4.98 Å². The Labute approximate surface area is 174 Å². The van der Waals surface area contributed by atoms with E-state index in [-0.39, 0.29) is 11.9 Å². The summed E-state index contributed by atoms with van der Waals surface area (Å²) in [5.41, 5.74) is 3.03. The Kier molecular flexibility index (Phi) is 5.80. The first-order chi connectivity index (χ1) is 14.1. The van der Waals surface area contributed by atoms with Crippen molar-refractivity contribution >= 4 is 23.2 Å². The Morgan fingerprint density at radius 2 is 2.03 bits per heavy atom. The first kappa shape index (κ1) is 19.4. The minimum Gasteiger partial charge on any atom is -0.352 e. The van der Waals surface area contributed by atoms with Crippen molar-refractivity contribution in [3.05, 3.63) is 53.1 Å². The van der Waals surface area contributed by atoms with Crippen molar-refractivity contribution in [1.29, 1.82) is 0 Å². The van der Waals surface area contributed by atoms with E-state index in [0.29, 0.717) is 12.4 Å². The predicted octanol–water partition coefficient (Wildman–Crippen LogP) is 2.94. The van der Waals surface area contributed by atoms with Gasteiger partial charge in [-0.25, -0.2) is 15.0 Å². The molecule has 0 saturated carbocycles. The first-order valence-electron chi connectivity index (χ1n) is 9.79. The first-order valence-corrected chi connectivity index (χ1v) is 10.6. The Morgan fingerprint density at radius 3 is 2.79 bits per heavy atom. The predicted molar refractivity (Wildman–Crippen MR) is 114 cm³/mol. The third-order valence-electron chi connectivity index (χ3n) is 5.01. The molecule has 3 aromatic heterocycles. The van der Waals surface area contributed by atoms with Gasteiger partial charge in [0.1, 0.15) is 0 Å². The quantitative estimate of drug-likeness (QED) is 0.675. The van der Waals surface area contributed by atoms with Gasteiger partial charge in [0, 0.05) is 44.1 Å². The Bertz CT molecular complexity index is 990. The van der Waals surface area contributed by atoms with Gasteiger partial charge in [0.05, 0.1) is 21.3 Å². The molecule has 1 fully saturated rings. The number of thiazole rings is 1. The molecule has 0 spiro atoms. The molecule has 1 unspecified atom stereocenters.